The first-order valence-electron chi connectivity index (χ1n) is 8.56. The summed E-state index contributed by atoms with van der Waals surface area (Å²) >= 11 is 0. The lowest BCUT2D eigenvalue weighted by Gasteiger charge is -2.32. The fraction of sp³-hybridized carbons (Fsp3) is 0.474. The lowest BCUT2D eigenvalue weighted by Crippen LogP contribution is -2.39. The molecule has 1 N–H and O–H groups in total. The summed E-state index contributed by atoms with van der Waals surface area (Å²) in [5, 5.41) is 7.45. The number of nitrogens with one attached hydrogen (secondary N) is 1. The molecule has 0 spiro atoms. The van der Waals surface area contributed by atoms with E-state index in [9.17, 15) is 4.79 Å². The molecule has 0 unspecified atom stereocenters. The van der Waals surface area contributed by atoms with E-state index in [-0.39, 0.29) is 5.91 Å². The Morgan fingerprint density at radius 2 is 2.17 bits per heavy atom. The van der Waals surface area contributed by atoms with Gasteiger partial charge in [0.2, 0.25) is 5.91 Å². The summed E-state index contributed by atoms with van der Waals surface area (Å²) in [6.45, 7) is 4.17. The Labute approximate surface area is 143 Å². The van der Waals surface area contributed by atoms with E-state index in [0.29, 0.717) is 18.9 Å². The van der Waals surface area contributed by atoms with E-state index < -0.39 is 0 Å². The number of methoxy groups -OCH3 is 1. The van der Waals surface area contributed by atoms with E-state index in [2.05, 4.69) is 41.4 Å². The van der Waals surface area contributed by atoms with Crippen LogP contribution in [0.3, 0.4) is 0 Å². The average Bonchev–Trinajstić information content (AvgIpc) is 3.10. The Balaban J connectivity index is 1.76. The quantitative estimate of drug-likeness (QED) is 0.918. The topological polar surface area (TPSA) is 58.2 Å². The molecular formula is C19H25N3O2. The molecule has 1 aliphatic rings. The number of carbonyl (C=O) groups is 1. The molecule has 1 aromatic heterocycles. The molecule has 2 heterocycles. The van der Waals surface area contributed by atoms with Crippen LogP contribution in [0.15, 0.2) is 30.5 Å². The molecule has 1 amide bonds. The van der Waals surface area contributed by atoms with E-state index in [1.165, 1.54) is 11.1 Å². The zero-order chi connectivity index (χ0) is 16.9. The van der Waals surface area contributed by atoms with Crippen LogP contribution in [-0.2, 0) is 9.53 Å². The van der Waals surface area contributed by atoms with Crippen LogP contribution < -0.4 is 0 Å². The molecule has 1 fully saturated rings. The van der Waals surface area contributed by atoms with Crippen LogP contribution in [0.2, 0.25) is 0 Å². The smallest absolute Gasteiger partial charge is 0.224 e. The molecule has 5 nitrogen and oxygen atoms in total. The number of amides is 1. The highest BCUT2D eigenvalue weighted by atomic mass is 16.5. The number of hydrogen-bond donors (Lipinski definition) is 1. The van der Waals surface area contributed by atoms with E-state index in [0.717, 1.165) is 37.2 Å². The Kier molecular flexibility index (Phi) is 5.30. The predicted octanol–water partition coefficient (Wildman–Crippen LogP) is 3.13. The van der Waals surface area contributed by atoms with Gasteiger partial charge in [-0.15, -0.1) is 0 Å². The van der Waals surface area contributed by atoms with Gasteiger partial charge in [-0.3, -0.25) is 9.89 Å². The number of aromatic amines is 1. The Morgan fingerprint density at radius 3 is 2.92 bits per heavy atom. The molecule has 5 heteroatoms. The summed E-state index contributed by atoms with van der Waals surface area (Å²) in [7, 11) is 1.63. The first-order valence-corrected chi connectivity index (χ1v) is 8.56. The van der Waals surface area contributed by atoms with E-state index in [4.69, 9.17) is 4.74 Å². The zero-order valence-corrected chi connectivity index (χ0v) is 14.4. The average molecular weight is 327 g/mol. The third kappa shape index (κ3) is 3.67. The van der Waals surface area contributed by atoms with Crippen molar-refractivity contribution in [1.29, 1.82) is 0 Å². The first kappa shape index (κ1) is 16.7. The lowest BCUT2D eigenvalue weighted by molar-refractivity contribution is -0.133. The fourth-order valence-corrected chi connectivity index (χ4v) is 3.36. The molecule has 2 aromatic rings. The molecule has 3 rings (SSSR count). The van der Waals surface area contributed by atoms with Gasteiger partial charge in [0, 0.05) is 37.4 Å². The summed E-state index contributed by atoms with van der Waals surface area (Å²) in [5.41, 5.74) is 4.71. The molecule has 0 saturated carbocycles. The van der Waals surface area contributed by atoms with Crippen molar-refractivity contribution in [3.05, 3.63) is 41.7 Å². The monoisotopic (exact) mass is 327 g/mol. The molecule has 0 radical (unpaired) electrons. The van der Waals surface area contributed by atoms with Crippen LogP contribution in [0.5, 0.6) is 0 Å². The van der Waals surface area contributed by atoms with Gasteiger partial charge in [0.05, 0.1) is 19.2 Å². The van der Waals surface area contributed by atoms with Crippen LogP contribution in [0.4, 0.5) is 0 Å². The van der Waals surface area contributed by atoms with Crippen LogP contribution in [0.25, 0.3) is 11.1 Å². The normalized spacial score (nSPS) is 17.9. The van der Waals surface area contributed by atoms with Gasteiger partial charge in [-0.05, 0) is 25.3 Å². The molecule has 1 aromatic carbocycles. The van der Waals surface area contributed by atoms with Crippen molar-refractivity contribution in [3.63, 3.8) is 0 Å². The van der Waals surface area contributed by atoms with Gasteiger partial charge in [0.15, 0.2) is 0 Å². The van der Waals surface area contributed by atoms with Crippen molar-refractivity contribution < 1.29 is 9.53 Å². The summed E-state index contributed by atoms with van der Waals surface area (Å²) in [5.74, 6) is 0.488. The molecule has 1 saturated heterocycles. The fourth-order valence-electron chi connectivity index (χ4n) is 3.36. The van der Waals surface area contributed by atoms with Gasteiger partial charge < -0.3 is 9.64 Å². The molecule has 24 heavy (non-hydrogen) atoms. The number of hydrogen-bond acceptors (Lipinski definition) is 3. The highest BCUT2D eigenvalue weighted by Gasteiger charge is 2.27. The number of carbonyl (C=O) groups excluding carboxylic acids is 1. The van der Waals surface area contributed by atoms with Crippen molar-refractivity contribution in [2.45, 2.75) is 32.1 Å². The van der Waals surface area contributed by atoms with Crippen molar-refractivity contribution in [1.82, 2.24) is 15.1 Å². The van der Waals surface area contributed by atoms with Crippen LogP contribution in [-0.4, -0.2) is 47.8 Å². The predicted molar refractivity (Wildman–Crippen MR) is 93.8 cm³/mol. The minimum Gasteiger partial charge on any atom is -0.384 e. The van der Waals surface area contributed by atoms with E-state index >= 15 is 0 Å². The maximum Gasteiger partial charge on any atom is 0.224 e. The maximum atomic E-state index is 12.3. The number of aryl methyl sites for hydroxylation is 1. The molecule has 1 aliphatic heterocycles. The van der Waals surface area contributed by atoms with Crippen molar-refractivity contribution in [3.8, 4) is 11.1 Å². The van der Waals surface area contributed by atoms with Crippen molar-refractivity contribution >= 4 is 5.91 Å². The number of ether oxygens (including phenoxy) is 1. The standard InChI is InChI=1S/C19H25N3O2/c1-14-5-7-15(8-6-14)17-12-20-21-19(17)16-4-3-10-22(13-16)18(23)9-11-24-2/h5-8,12,16H,3-4,9-11,13H2,1-2H3,(H,20,21)/t16-/m0/s1. The van der Waals surface area contributed by atoms with Gasteiger partial charge in [-0.1, -0.05) is 29.8 Å². The number of likely N-dealkylation sites (tertiary alicyclic amines) is 1. The lowest BCUT2D eigenvalue weighted by atomic mass is 9.90. The third-order valence-electron chi connectivity index (χ3n) is 4.73. The molecule has 0 bridgehead atoms. The minimum absolute atomic E-state index is 0.179. The summed E-state index contributed by atoms with van der Waals surface area (Å²) < 4.78 is 5.03. The van der Waals surface area contributed by atoms with Gasteiger partial charge in [-0.2, -0.15) is 5.10 Å². The number of piperidine rings is 1. The molecule has 0 aliphatic carbocycles. The summed E-state index contributed by atoms with van der Waals surface area (Å²) in [4.78, 5) is 14.2. The number of H-pyrrole nitrogens is 1. The van der Waals surface area contributed by atoms with Gasteiger partial charge in [0.1, 0.15) is 0 Å². The largest absolute Gasteiger partial charge is 0.384 e. The summed E-state index contributed by atoms with van der Waals surface area (Å²) in [6, 6.07) is 8.50. The number of rotatable bonds is 5. The molecular weight excluding hydrogens is 302 g/mol. The van der Waals surface area contributed by atoms with Gasteiger partial charge in [0.25, 0.3) is 0 Å². The second kappa shape index (κ2) is 7.62. The van der Waals surface area contributed by atoms with Crippen molar-refractivity contribution in [2.24, 2.45) is 0 Å². The number of aromatic nitrogens is 2. The van der Waals surface area contributed by atoms with Crippen LogP contribution in [0, 0.1) is 6.92 Å². The Hall–Kier alpha value is -2.14. The second-order valence-corrected chi connectivity index (χ2v) is 6.49. The third-order valence-corrected chi connectivity index (χ3v) is 4.73. The van der Waals surface area contributed by atoms with Gasteiger partial charge >= 0.3 is 0 Å². The van der Waals surface area contributed by atoms with E-state index in [1.54, 1.807) is 7.11 Å². The van der Waals surface area contributed by atoms with Gasteiger partial charge in [-0.25, -0.2) is 0 Å². The SMILES string of the molecule is COCCC(=O)N1CCC[C@H](c2[nH]ncc2-c2ccc(C)cc2)C1. The first-order chi connectivity index (χ1) is 11.7. The van der Waals surface area contributed by atoms with Crippen LogP contribution in [0.1, 0.15) is 36.4 Å². The van der Waals surface area contributed by atoms with Crippen LogP contribution >= 0.6 is 0 Å². The number of benzene rings is 1. The summed E-state index contributed by atoms with van der Waals surface area (Å²) in [6.07, 6.45) is 4.45. The van der Waals surface area contributed by atoms with E-state index in [1.807, 2.05) is 11.1 Å². The molecule has 1 atom stereocenters. The highest BCUT2D eigenvalue weighted by molar-refractivity contribution is 5.76. The Bertz CT molecular complexity index is 678. The van der Waals surface area contributed by atoms with Crippen molar-refractivity contribution in [2.75, 3.05) is 26.8 Å². The Morgan fingerprint density at radius 1 is 1.38 bits per heavy atom. The number of nitrogens with zero attached hydrogens (tertiary/aromatic N) is 2. The highest BCUT2D eigenvalue weighted by Crippen LogP contribution is 2.33. The maximum absolute atomic E-state index is 12.3. The minimum atomic E-state index is 0.179. The second-order valence-electron chi connectivity index (χ2n) is 6.49. The zero-order valence-electron chi connectivity index (χ0n) is 14.4. The molecule has 128 valence electrons.